The van der Waals surface area contributed by atoms with Crippen LogP contribution in [0, 0.1) is 11.7 Å². The molecular weight excluding hydrogens is 456 g/mol. The third-order valence-corrected chi connectivity index (χ3v) is 5.05. The van der Waals surface area contributed by atoms with Crippen molar-refractivity contribution in [1.82, 2.24) is 0 Å². The summed E-state index contributed by atoms with van der Waals surface area (Å²) in [4.78, 5) is 29.9. The maximum atomic E-state index is 14.1. The van der Waals surface area contributed by atoms with Gasteiger partial charge in [0.1, 0.15) is 18.3 Å². The normalized spacial score (nSPS) is 12.0. The van der Waals surface area contributed by atoms with Gasteiger partial charge in [0.25, 0.3) is 0 Å². The van der Waals surface area contributed by atoms with E-state index in [0.29, 0.717) is 15.6 Å². The van der Waals surface area contributed by atoms with Gasteiger partial charge in [-0.2, -0.15) is 0 Å². The summed E-state index contributed by atoms with van der Waals surface area (Å²) >= 11 is 17.9. The molecule has 0 saturated heterocycles. The number of ketones is 1. The van der Waals surface area contributed by atoms with Gasteiger partial charge in [0.15, 0.2) is 5.78 Å². The van der Waals surface area contributed by atoms with Crippen molar-refractivity contribution in [3.8, 4) is 0 Å². The van der Waals surface area contributed by atoms with Crippen LogP contribution in [0.1, 0.15) is 24.5 Å². The third kappa shape index (κ3) is 6.97. The van der Waals surface area contributed by atoms with Gasteiger partial charge in [-0.3, -0.25) is 9.59 Å². The van der Waals surface area contributed by atoms with E-state index in [1.54, 1.807) is 25.1 Å². The van der Waals surface area contributed by atoms with E-state index in [4.69, 9.17) is 44.4 Å². The van der Waals surface area contributed by atoms with Crippen LogP contribution in [0.4, 0.5) is 4.39 Å². The summed E-state index contributed by atoms with van der Waals surface area (Å²) in [6.45, 7) is 1.78. The molecule has 2 aromatic rings. The highest BCUT2D eigenvalue weighted by Crippen LogP contribution is 2.24. The Morgan fingerprint density at radius 3 is 2.60 bits per heavy atom. The first-order valence-electron chi connectivity index (χ1n) is 9.03. The molecule has 0 unspecified atom stereocenters. The van der Waals surface area contributed by atoms with Gasteiger partial charge in [0, 0.05) is 32.6 Å². The zero-order valence-corrected chi connectivity index (χ0v) is 18.3. The van der Waals surface area contributed by atoms with Crippen LogP contribution in [0.15, 0.2) is 41.6 Å². The van der Waals surface area contributed by atoms with E-state index < -0.39 is 23.5 Å². The average molecular weight is 475 g/mol. The molecule has 0 bridgehead atoms. The maximum Gasteiger partial charge on any atom is 0.316 e. The SMILES string of the molecule is CCOC(=O)[C@H](Cc1c(F)cccc1Cl)C(=O)C/C=N\OCc1ccc(Cl)cc1Cl. The highest BCUT2D eigenvalue weighted by molar-refractivity contribution is 6.35. The second-order valence-corrected chi connectivity index (χ2v) is 7.43. The Bertz CT molecular complexity index is 916. The second-order valence-electron chi connectivity index (χ2n) is 6.18. The number of benzene rings is 2. The standard InChI is InChI=1S/C21H19Cl3FNO4/c1-2-29-21(28)16(11-15-17(23)4-3-5-19(15)25)20(27)8-9-26-30-12-13-6-7-14(22)10-18(13)24/h3-7,9-10,16H,2,8,11-12H2,1H3/b26-9-/t16-/m1/s1. The van der Waals surface area contributed by atoms with Crippen molar-refractivity contribution in [3.63, 3.8) is 0 Å². The molecule has 0 saturated carbocycles. The number of rotatable bonds is 10. The quantitative estimate of drug-likeness (QED) is 0.193. The maximum absolute atomic E-state index is 14.1. The van der Waals surface area contributed by atoms with Gasteiger partial charge in [0.05, 0.1) is 12.8 Å². The number of carbonyl (C=O) groups excluding carboxylic acids is 2. The smallest absolute Gasteiger partial charge is 0.316 e. The van der Waals surface area contributed by atoms with Crippen molar-refractivity contribution >= 4 is 52.8 Å². The summed E-state index contributed by atoms with van der Waals surface area (Å²) in [6, 6.07) is 9.08. The minimum atomic E-state index is -1.21. The van der Waals surface area contributed by atoms with Gasteiger partial charge in [-0.25, -0.2) is 4.39 Å². The van der Waals surface area contributed by atoms with Crippen LogP contribution in [0.3, 0.4) is 0 Å². The van der Waals surface area contributed by atoms with E-state index in [2.05, 4.69) is 5.16 Å². The molecule has 0 N–H and O–H groups in total. The molecule has 2 rings (SSSR count). The number of hydrogen-bond donors (Lipinski definition) is 0. The summed E-state index contributed by atoms with van der Waals surface area (Å²) in [7, 11) is 0. The van der Waals surface area contributed by atoms with Gasteiger partial charge in [-0.05, 0) is 37.6 Å². The molecule has 0 aliphatic carbocycles. The molecule has 5 nitrogen and oxygen atoms in total. The number of hydrogen-bond acceptors (Lipinski definition) is 5. The summed E-state index contributed by atoms with van der Waals surface area (Å²) in [5.41, 5.74) is 0.749. The zero-order chi connectivity index (χ0) is 22.1. The Balaban J connectivity index is 2.00. The number of ether oxygens (including phenoxy) is 1. The lowest BCUT2D eigenvalue weighted by Crippen LogP contribution is -2.29. The van der Waals surface area contributed by atoms with Crippen molar-refractivity contribution in [1.29, 1.82) is 0 Å². The van der Waals surface area contributed by atoms with Crippen molar-refractivity contribution in [2.45, 2.75) is 26.4 Å². The van der Waals surface area contributed by atoms with E-state index in [1.165, 1.54) is 24.4 Å². The summed E-state index contributed by atoms with van der Waals surface area (Å²) in [6.07, 6.45) is 0.809. The minimum absolute atomic E-state index is 0.0762. The number of carbonyl (C=O) groups is 2. The van der Waals surface area contributed by atoms with Crippen LogP contribution in [0.25, 0.3) is 0 Å². The van der Waals surface area contributed by atoms with Crippen LogP contribution in [-0.2, 0) is 32.2 Å². The van der Waals surface area contributed by atoms with Crippen LogP contribution >= 0.6 is 34.8 Å². The molecule has 1 atom stereocenters. The van der Waals surface area contributed by atoms with Crippen molar-refractivity contribution < 1.29 is 23.6 Å². The molecule has 30 heavy (non-hydrogen) atoms. The first-order chi connectivity index (χ1) is 14.3. The van der Waals surface area contributed by atoms with Gasteiger partial charge < -0.3 is 9.57 Å². The number of Topliss-reactive ketones (excluding diaryl/α,β-unsaturated/α-hetero) is 1. The highest BCUT2D eigenvalue weighted by Gasteiger charge is 2.29. The van der Waals surface area contributed by atoms with Crippen LogP contribution < -0.4 is 0 Å². The molecule has 0 amide bonds. The number of nitrogens with zero attached hydrogens (tertiary/aromatic N) is 1. The van der Waals surface area contributed by atoms with Gasteiger partial charge >= 0.3 is 5.97 Å². The Morgan fingerprint density at radius 2 is 1.93 bits per heavy atom. The second kappa shape index (κ2) is 11.9. The van der Waals surface area contributed by atoms with Crippen molar-refractivity contribution in [2.75, 3.05) is 6.61 Å². The predicted octanol–water partition coefficient (Wildman–Crippen LogP) is 5.67. The lowest BCUT2D eigenvalue weighted by Gasteiger charge is -2.15. The van der Waals surface area contributed by atoms with Gasteiger partial charge in [-0.1, -0.05) is 52.1 Å². The summed E-state index contributed by atoms with van der Waals surface area (Å²) in [5.74, 6) is -3.05. The molecule has 2 aromatic carbocycles. The van der Waals surface area contributed by atoms with Crippen LogP contribution in [0.2, 0.25) is 15.1 Å². The molecule has 0 heterocycles. The van der Waals surface area contributed by atoms with Crippen LogP contribution in [0.5, 0.6) is 0 Å². The third-order valence-electron chi connectivity index (χ3n) is 4.11. The fourth-order valence-electron chi connectivity index (χ4n) is 2.57. The minimum Gasteiger partial charge on any atom is -0.465 e. The predicted molar refractivity (Wildman–Crippen MR) is 115 cm³/mol. The monoisotopic (exact) mass is 473 g/mol. The first kappa shape index (κ1) is 24.1. The topological polar surface area (TPSA) is 65.0 Å². The molecule has 160 valence electrons. The lowest BCUT2D eigenvalue weighted by atomic mass is 9.93. The molecule has 0 fully saturated rings. The summed E-state index contributed by atoms with van der Waals surface area (Å²) < 4.78 is 19.0. The van der Waals surface area contributed by atoms with E-state index in [-0.39, 0.29) is 36.6 Å². The number of oxime groups is 1. The van der Waals surface area contributed by atoms with Crippen LogP contribution in [-0.4, -0.2) is 24.6 Å². The van der Waals surface area contributed by atoms with Gasteiger partial charge in [0.2, 0.25) is 0 Å². The number of halogens is 4. The fourth-order valence-corrected chi connectivity index (χ4v) is 3.27. The average Bonchev–Trinajstić information content (AvgIpc) is 2.69. The molecule has 0 aliphatic rings. The van der Waals surface area contributed by atoms with Crippen molar-refractivity contribution in [3.05, 3.63) is 68.4 Å². The van der Waals surface area contributed by atoms with Gasteiger partial charge in [-0.15, -0.1) is 0 Å². The fraction of sp³-hybridized carbons (Fsp3) is 0.286. The van der Waals surface area contributed by atoms with E-state index in [0.717, 1.165) is 0 Å². The van der Waals surface area contributed by atoms with E-state index in [1.807, 2.05) is 0 Å². The molecule has 0 aromatic heterocycles. The Kier molecular flexibility index (Phi) is 9.56. The Hall–Kier alpha value is -2.15. The molecule has 0 aliphatic heterocycles. The van der Waals surface area contributed by atoms with E-state index in [9.17, 15) is 14.0 Å². The Morgan fingerprint density at radius 1 is 1.17 bits per heavy atom. The molecule has 9 heteroatoms. The first-order valence-corrected chi connectivity index (χ1v) is 10.2. The Labute approximate surface area is 188 Å². The highest BCUT2D eigenvalue weighted by atomic mass is 35.5. The number of esters is 1. The van der Waals surface area contributed by atoms with Crippen molar-refractivity contribution in [2.24, 2.45) is 11.1 Å². The molecule has 0 spiro atoms. The van der Waals surface area contributed by atoms with E-state index >= 15 is 0 Å². The zero-order valence-electron chi connectivity index (χ0n) is 16.0. The molecule has 0 radical (unpaired) electrons. The lowest BCUT2D eigenvalue weighted by molar-refractivity contribution is -0.151. The largest absolute Gasteiger partial charge is 0.465 e. The molecular formula is C21H19Cl3FNO4. The summed E-state index contributed by atoms with van der Waals surface area (Å²) in [5, 5.41) is 4.77.